The van der Waals surface area contributed by atoms with Crippen LogP contribution in [0.2, 0.25) is 10.0 Å². The summed E-state index contributed by atoms with van der Waals surface area (Å²) in [5.41, 5.74) is 5.79. The second-order valence-corrected chi connectivity index (χ2v) is 13.5. The second-order valence-electron chi connectivity index (χ2n) is 12.7. The summed E-state index contributed by atoms with van der Waals surface area (Å²) in [6.07, 6.45) is 4.05. The predicted molar refractivity (Wildman–Crippen MR) is 204 cm³/mol. The van der Waals surface area contributed by atoms with Gasteiger partial charge in [-0.05, 0) is 90.2 Å². The number of carbonyl (C=O) groups is 1. The van der Waals surface area contributed by atoms with Gasteiger partial charge in [-0.25, -0.2) is 9.37 Å². The van der Waals surface area contributed by atoms with Gasteiger partial charge in [0, 0.05) is 61.9 Å². The lowest BCUT2D eigenvalue weighted by molar-refractivity contribution is -0.127. The second kappa shape index (κ2) is 17.6. The Morgan fingerprint density at radius 1 is 0.846 bits per heavy atom. The molecule has 10 heteroatoms. The summed E-state index contributed by atoms with van der Waals surface area (Å²) in [4.78, 5) is 21.9. The number of halogens is 3. The third kappa shape index (κ3) is 10.1. The minimum absolute atomic E-state index is 0.0143. The molecule has 0 unspecified atom stereocenters. The summed E-state index contributed by atoms with van der Waals surface area (Å²) in [7, 11) is 0. The van der Waals surface area contributed by atoms with E-state index in [1.165, 1.54) is 23.3 Å². The molecule has 0 spiro atoms. The van der Waals surface area contributed by atoms with Crippen molar-refractivity contribution in [2.75, 3.05) is 32.8 Å². The number of pyridine rings is 1. The third-order valence-corrected chi connectivity index (χ3v) is 9.53. The van der Waals surface area contributed by atoms with Gasteiger partial charge in [-0.15, -0.1) is 0 Å². The summed E-state index contributed by atoms with van der Waals surface area (Å²) in [6, 6.07) is 29.4. The van der Waals surface area contributed by atoms with E-state index in [9.17, 15) is 9.18 Å². The Morgan fingerprint density at radius 2 is 1.56 bits per heavy atom. The molecule has 0 N–H and O–H groups in total. The molecule has 1 amide bonds. The number of allylic oxidation sites excluding steroid dienone is 1. The molecule has 6 rings (SSSR count). The summed E-state index contributed by atoms with van der Waals surface area (Å²) >= 11 is 12.9. The van der Waals surface area contributed by atoms with Crippen molar-refractivity contribution in [2.45, 2.75) is 33.4 Å². The number of ether oxygens (including phenoxy) is 3. The monoisotopic (exact) mass is 739 g/mol. The van der Waals surface area contributed by atoms with Crippen LogP contribution >= 0.6 is 23.2 Å². The Bertz CT molecular complexity index is 1970. The van der Waals surface area contributed by atoms with Crippen LogP contribution in [0.25, 0.3) is 5.57 Å². The van der Waals surface area contributed by atoms with Gasteiger partial charge in [0.25, 0.3) is 0 Å². The van der Waals surface area contributed by atoms with E-state index >= 15 is 0 Å². The first-order valence-corrected chi connectivity index (χ1v) is 17.9. The number of carbonyl (C=O) groups excluding carboxylic acids is 1. The van der Waals surface area contributed by atoms with E-state index in [0.717, 1.165) is 48.3 Å². The van der Waals surface area contributed by atoms with Crippen molar-refractivity contribution in [3.63, 3.8) is 0 Å². The number of nitrogens with zero attached hydrogens (tertiary/aromatic N) is 3. The van der Waals surface area contributed by atoms with E-state index in [2.05, 4.69) is 34.1 Å². The molecule has 1 aliphatic rings. The summed E-state index contributed by atoms with van der Waals surface area (Å²) in [5, 5.41) is 1.08. The smallest absolute Gasteiger partial charge is 0.246 e. The molecule has 1 saturated heterocycles. The van der Waals surface area contributed by atoms with Gasteiger partial charge in [-0.1, -0.05) is 65.7 Å². The van der Waals surface area contributed by atoms with Crippen LogP contribution in [0.15, 0.2) is 109 Å². The first-order valence-electron chi connectivity index (χ1n) is 17.2. The van der Waals surface area contributed by atoms with E-state index in [4.69, 9.17) is 37.4 Å². The Labute approximate surface area is 314 Å². The van der Waals surface area contributed by atoms with Crippen molar-refractivity contribution in [2.24, 2.45) is 0 Å². The topological polar surface area (TPSA) is 64.1 Å². The van der Waals surface area contributed by atoms with Crippen LogP contribution in [0.5, 0.6) is 23.1 Å². The molecule has 1 aromatic heterocycles. The summed E-state index contributed by atoms with van der Waals surface area (Å²) in [6.45, 7) is 8.42. The number of amides is 1. The fraction of sp³-hybridized carbons (Fsp3) is 0.238. The van der Waals surface area contributed by atoms with Gasteiger partial charge < -0.3 is 19.1 Å². The lowest BCUT2D eigenvalue weighted by Crippen LogP contribution is -2.47. The SMILES string of the molecule is C/C(=C/C(=O)N1CCN(Cc2ccc(CCOc3ccc(F)cc3)cc2)CC1)c1cc(C)c(Oc2ccc(OCc3ccccc3Cl)cn2)c(Cl)c1. The molecule has 0 saturated carbocycles. The number of aromatic nitrogens is 1. The van der Waals surface area contributed by atoms with Crippen LogP contribution in [0.4, 0.5) is 4.39 Å². The normalized spacial score (nSPS) is 13.6. The first-order chi connectivity index (χ1) is 25.2. The lowest BCUT2D eigenvalue weighted by atomic mass is 10.0. The molecule has 2 heterocycles. The van der Waals surface area contributed by atoms with Gasteiger partial charge in [0.1, 0.15) is 23.9 Å². The maximum Gasteiger partial charge on any atom is 0.246 e. The third-order valence-electron chi connectivity index (χ3n) is 8.88. The Hall–Kier alpha value is -4.89. The number of hydrogen-bond acceptors (Lipinski definition) is 6. The molecule has 7 nitrogen and oxygen atoms in total. The van der Waals surface area contributed by atoms with Gasteiger partial charge in [-0.2, -0.15) is 0 Å². The average Bonchev–Trinajstić information content (AvgIpc) is 3.15. The van der Waals surface area contributed by atoms with Crippen LogP contribution in [0.3, 0.4) is 0 Å². The van der Waals surface area contributed by atoms with Crippen molar-refractivity contribution < 1.29 is 23.4 Å². The van der Waals surface area contributed by atoms with Crippen LogP contribution in [0.1, 0.15) is 34.7 Å². The van der Waals surface area contributed by atoms with Gasteiger partial charge in [-0.3, -0.25) is 9.69 Å². The first kappa shape index (κ1) is 36.9. The highest BCUT2D eigenvalue weighted by atomic mass is 35.5. The largest absolute Gasteiger partial charge is 0.493 e. The molecular formula is C42H40Cl2FN3O4. The molecule has 268 valence electrons. The van der Waals surface area contributed by atoms with Crippen LogP contribution in [0, 0.1) is 12.7 Å². The van der Waals surface area contributed by atoms with E-state index in [1.54, 1.807) is 36.5 Å². The number of aryl methyl sites for hydroxylation is 1. The molecule has 0 bridgehead atoms. The molecule has 0 aliphatic carbocycles. The average molecular weight is 741 g/mol. The Morgan fingerprint density at radius 3 is 2.25 bits per heavy atom. The highest BCUT2D eigenvalue weighted by Crippen LogP contribution is 2.35. The Kier molecular flexibility index (Phi) is 12.5. The van der Waals surface area contributed by atoms with Crippen LogP contribution in [-0.4, -0.2) is 53.5 Å². The molecule has 0 radical (unpaired) electrons. The summed E-state index contributed by atoms with van der Waals surface area (Å²) in [5.74, 6) is 1.85. The number of benzene rings is 4. The molecule has 52 heavy (non-hydrogen) atoms. The molecule has 0 atom stereocenters. The highest BCUT2D eigenvalue weighted by molar-refractivity contribution is 6.32. The van der Waals surface area contributed by atoms with Crippen molar-refractivity contribution in [1.29, 1.82) is 0 Å². The molecular weight excluding hydrogens is 700 g/mol. The number of rotatable bonds is 13. The van der Waals surface area contributed by atoms with E-state index in [0.29, 0.717) is 59.5 Å². The van der Waals surface area contributed by atoms with E-state index < -0.39 is 0 Å². The quantitative estimate of drug-likeness (QED) is 0.112. The van der Waals surface area contributed by atoms with E-state index in [1.807, 2.05) is 55.1 Å². The van der Waals surface area contributed by atoms with Crippen LogP contribution < -0.4 is 14.2 Å². The lowest BCUT2D eigenvalue weighted by Gasteiger charge is -2.34. The fourth-order valence-electron chi connectivity index (χ4n) is 5.85. The van der Waals surface area contributed by atoms with Gasteiger partial charge in [0.15, 0.2) is 5.75 Å². The van der Waals surface area contributed by atoms with Gasteiger partial charge >= 0.3 is 0 Å². The van der Waals surface area contributed by atoms with Gasteiger partial charge in [0.2, 0.25) is 11.8 Å². The Balaban J connectivity index is 0.958. The summed E-state index contributed by atoms with van der Waals surface area (Å²) < 4.78 is 30.7. The number of piperazine rings is 1. The molecule has 1 aliphatic heterocycles. The minimum atomic E-state index is -0.274. The maximum atomic E-state index is 13.2. The zero-order valence-corrected chi connectivity index (χ0v) is 30.7. The van der Waals surface area contributed by atoms with Crippen molar-refractivity contribution >= 4 is 34.7 Å². The molecule has 4 aromatic carbocycles. The standard InChI is InChI=1S/C42H40Cl2FN3O4/c1-29(34-23-30(2)42(39(44)25-34)52-40-16-15-37(26-46-40)51-28-33-5-3-4-6-38(33)43)24-41(49)48-20-18-47(19-21-48)27-32-9-7-31(8-10-32)17-22-50-36-13-11-35(45)12-14-36/h3-16,23-26H,17-22,27-28H2,1-2H3/b29-24-. The van der Waals surface area contributed by atoms with Crippen LogP contribution in [-0.2, 0) is 24.4 Å². The van der Waals surface area contributed by atoms with Crippen molar-refractivity contribution in [1.82, 2.24) is 14.8 Å². The van der Waals surface area contributed by atoms with Crippen molar-refractivity contribution in [3.05, 3.63) is 153 Å². The van der Waals surface area contributed by atoms with Crippen molar-refractivity contribution in [3.8, 4) is 23.1 Å². The molecule has 5 aromatic rings. The minimum Gasteiger partial charge on any atom is -0.493 e. The molecule has 1 fully saturated rings. The predicted octanol–water partition coefficient (Wildman–Crippen LogP) is 9.58. The highest BCUT2D eigenvalue weighted by Gasteiger charge is 2.21. The van der Waals surface area contributed by atoms with Gasteiger partial charge in [0.05, 0.1) is 17.8 Å². The fourth-order valence-corrected chi connectivity index (χ4v) is 6.35. The maximum absolute atomic E-state index is 13.2. The van der Waals surface area contributed by atoms with E-state index in [-0.39, 0.29) is 11.7 Å². The number of hydrogen-bond donors (Lipinski definition) is 0. The zero-order chi connectivity index (χ0) is 36.5. The zero-order valence-electron chi connectivity index (χ0n) is 29.2.